The van der Waals surface area contributed by atoms with Crippen molar-refractivity contribution < 1.29 is 28.6 Å². The van der Waals surface area contributed by atoms with E-state index in [2.05, 4.69) is 0 Å². The number of aliphatic hydroxyl groups is 1. The van der Waals surface area contributed by atoms with Gasteiger partial charge in [-0.15, -0.1) is 0 Å². The number of aryl methyl sites for hydroxylation is 1. The molecule has 1 heterocycles. The molecular formula is C31H23ClFNO5. The van der Waals surface area contributed by atoms with Crippen molar-refractivity contribution in [2.75, 3.05) is 12.0 Å². The molecule has 1 amide bonds. The average Bonchev–Trinajstić information content (AvgIpc) is 3.19. The number of methoxy groups -OCH3 is 1. The average molecular weight is 544 g/mol. The van der Waals surface area contributed by atoms with Crippen molar-refractivity contribution in [3.8, 4) is 17.2 Å². The van der Waals surface area contributed by atoms with Crippen molar-refractivity contribution in [3.63, 3.8) is 0 Å². The highest BCUT2D eigenvalue weighted by Crippen LogP contribution is 2.45. The van der Waals surface area contributed by atoms with Gasteiger partial charge in [-0.2, -0.15) is 0 Å². The lowest BCUT2D eigenvalue weighted by Gasteiger charge is -2.26. The number of anilines is 1. The van der Waals surface area contributed by atoms with E-state index in [0.29, 0.717) is 22.6 Å². The zero-order chi connectivity index (χ0) is 27.7. The molecule has 1 saturated heterocycles. The Morgan fingerprint density at radius 1 is 0.923 bits per heavy atom. The molecule has 4 aromatic rings. The normalized spacial score (nSPS) is 16.4. The van der Waals surface area contributed by atoms with Crippen molar-refractivity contribution in [3.05, 3.63) is 124 Å². The van der Waals surface area contributed by atoms with E-state index >= 15 is 0 Å². The van der Waals surface area contributed by atoms with Crippen molar-refractivity contribution in [2.24, 2.45) is 0 Å². The van der Waals surface area contributed by atoms with Gasteiger partial charge in [0.25, 0.3) is 11.7 Å². The fraction of sp³-hybridized carbons (Fsp3) is 0.0968. The summed E-state index contributed by atoms with van der Waals surface area (Å²) in [6, 6.07) is 23.4. The SMILES string of the molecule is COc1c(Cl)cc(C)cc1/C(O)=C1\C(=O)C(=O)N(c2ccc(F)cc2)C1c1cccc(Oc2ccccc2)c1. The Bertz CT molecular complexity index is 1600. The molecule has 4 aromatic carbocycles. The maximum Gasteiger partial charge on any atom is 0.300 e. The van der Waals surface area contributed by atoms with Gasteiger partial charge in [-0.1, -0.05) is 41.9 Å². The van der Waals surface area contributed by atoms with Crippen molar-refractivity contribution in [1.29, 1.82) is 0 Å². The van der Waals surface area contributed by atoms with E-state index in [-0.39, 0.29) is 27.6 Å². The van der Waals surface area contributed by atoms with Gasteiger partial charge >= 0.3 is 0 Å². The highest BCUT2D eigenvalue weighted by Gasteiger charge is 2.47. The van der Waals surface area contributed by atoms with Crippen LogP contribution in [0.15, 0.2) is 96.6 Å². The van der Waals surface area contributed by atoms with Crippen LogP contribution >= 0.6 is 11.6 Å². The quantitative estimate of drug-likeness (QED) is 0.158. The van der Waals surface area contributed by atoms with Gasteiger partial charge in [0, 0.05) is 5.69 Å². The lowest BCUT2D eigenvalue weighted by molar-refractivity contribution is -0.132. The summed E-state index contributed by atoms with van der Waals surface area (Å²) in [5.41, 5.74) is 1.49. The van der Waals surface area contributed by atoms with Crippen molar-refractivity contribution in [2.45, 2.75) is 13.0 Å². The molecule has 5 rings (SSSR count). The summed E-state index contributed by atoms with van der Waals surface area (Å²) >= 11 is 6.37. The molecule has 1 aliphatic heterocycles. The van der Waals surface area contributed by atoms with Crippen LogP contribution in [0.25, 0.3) is 5.76 Å². The Labute approximate surface area is 229 Å². The van der Waals surface area contributed by atoms with Gasteiger partial charge < -0.3 is 14.6 Å². The number of Topliss-reactive ketones (excluding diaryl/α,β-unsaturated/α-hetero) is 1. The van der Waals surface area contributed by atoms with Gasteiger partial charge in [0.1, 0.15) is 28.8 Å². The summed E-state index contributed by atoms with van der Waals surface area (Å²) in [7, 11) is 1.40. The smallest absolute Gasteiger partial charge is 0.300 e. The topological polar surface area (TPSA) is 76.1 Å². The molecule has 0 bridgehead atoms. The molecule has 1 N–H and O–H groups in total. The minimum atomic E-state index is -1.06. The number of carbonyl (C=O) groups excluding carboxylic acids is 2. The molecule has 196 valence electrons. The number of hydrogen-bond donors (Lipinski definition) is 1. The zero-order valence-corrected chi connectivity index (χ0v) is 21.8. The van der Waals surface area contributed by atoms with E-state index in [9.17, 15) is 19.1 Å². The molecule has 6 nitrogen and oxygen atoms in total. The molecule has 0 saturated carbocycles. The number of ether oxygens (including phenoxy) is 2. The van der Waals surface area contributed by atoms with E-state index in [1.165, 1.54) is 36.3 Å². The van der Waals surface area contributed by atoms with Crippen LogP contribution in [-0.4, -0.2) is 23.9 Å². The van der Waals surface area contributed by atoms with Gasteiger partial charge in [-0.05, 0) is 78.7 Å². The van der Waals surface area contributed by atoms with E-state index in [4.69, 9.17) is 21.1 Å². The summed E-state index contributed by atoms with van der Waals surface area (Å²) in [5, 5.41) is 11.8. The Morgan fingerprint density at radius 2 is 1.62 bits per heavy atom. The number of aliphatic hydroxyl groups excluding tert-OH is 1. The fourth-order valence-corrected chi connectivity index (χ4v) is 5.00. The summed E-state index contributed by atoms with van der Waals surface area (Å²) in [6.07, 6.45) is 0. The van der Waals surface area contributed by atoms with Gasteiger partial charge in [0.05, 0.1) is 29.3 Å². The third-order valence-corrected chi connectivity index (χ3v) is 6.63. The van der Waals surface area contributed by atoms with Gasteiger partial charge in [0.15, 0.2) is 0 Å². The summed E-state index contributed by atoms with van der Waals surface area (Å²) in [4.78, 5) is 28.2. The van der Waals surface area contributed by atoms with Gasteiger partial charge in [-0.25, -0.2) is 4.39 Å². The molecule has 8 heteroatoms. The van der Waals surface area contributed by atoms with Crippen LogP contribution in [0.3, 0.4) is 0 Å². The van der Waals surface area contributed by atoms with E-state index in [1.807, 2.05) is 18.2 Å². The molecule has 0 spiro atoms. The third kappa shape index (κ3) is 4.96. The Morgan fingerprint density at radius 3 is 2.31 bits per heavy atom. The second-order valence-corrected chi connectivity index (χ2v) is 9.37. The molecule has 39 heavy (non-hydrogen) atoms. The third-order valence-electron chi connectivity index (χ3n) is 6.35. The highest BCUT2D eigenvalue weighted by atomic mass is 35.5. The predicted molar refractivity (Wildman–Crippen MR) is 147 cm³/mol. The lowest BCUT2D eigenvalue weighted by atomic mass is 9.94. The first-order valence-electron chi connectivity index (χ1n) is 12.0. The largest absolute Gasteiger partial charge is 0.507 e. The Balaban J connectivity index is 1.72. The van der Waals surface area contributed by atoms with Crippen molar-refractivity contribution in [1.82, 2.24) is 0 Å². The maximum atomic E-state index is 13.8. The standard InChI is InChI=1S/C31H23ClFNO5/c1-18-15-24(30(38-2)25(32)16-18)28(35)26-27(34(31(37)29(26)36)21-13-11-20(33)12-14-21)19-7-6-10-23(17-19)39-22-8-4-3-5-9-22/h3-17,27,35H,1-2H3/b28-26+. The molecule has 0 aromatic heterocycles. The number of nitrogens with zero attached hydrogens (tertiary/aromatic N) is 1. The second-order valence-electron chi connectivity index (χ2n) is 8.96. The molecule has 1 atom stereocenters. The van der Waals surface area contributed by atoms with Crippen LogP contribution in [0.2, 0.25) is 5.02 Å². The van der Waals surface area contributed by atoms with E-state index < -0.39 is 29.3 Å². The molecule has 1 aliphatic rings. The predicted octanol–water partition coefficient (Wildman–Crippen LogP) is 7.21. The Hall–Kier alpha value is -4.62. The summed E-state index contributed by atoms with van der Waals surface area (Å²) < 4.78 is 25.2. The number of hydrogen-bond acceptors (Lipinski definition) is 5. The number of rotatable bonds is 6. The number of benzene rings is 4. The molecular weight excluding hydrogens is 521 g/mol. The molecule has 0 aliphatic carbocycles. The molecule has 0 radical (unpaired) electrons. The van der Waals surface area contributed by atoms with Gasteiger partial charge in [-0.3, -0.25) is 14.5 Å². The van der Waals surface area contributed by atoms with E-state index in [0.717, 1.165) is 0 Å². The number of para-hydroxylation sites is 1. The van der Waals surface area contributed by atoms with Crippen molar-refractivity contribution >= 4 is 34.7 Å². The summed E-state index contributed by atoms with van der Waals surface area (Å²) in [6.45, 7) is 1.78. The van der Waals surface area contributed by atoms with Gasteiger partial charge in [0.2, 0.25) is 0 Å². The number of carbonyl (C=O) groups is 2. The second kappa shape index (κ2) is 10.6. The van der Waals surface area contributed by atoms with E-state index in [1.54, 1.807) is 55.5 Å². The number of amides is 1. The minimum Gasteiger partial charge on any atom is -0.507 e. The van der Waals surface area contributed by atoms with Crippen LogP contribution < -0.4 is 14.4 Å². The maximum absolute atomic E-state index is 13.8. The Kier molecular flexibility index (Phi) is 7.09. The number of halogens is 2. The molecule has 1 unspecified atom stereocenters. The van der Waals surface area contributed by atoms with Crippen LogP contribution in [0.4, 0.5) is 10.1 Å². The molecule has 1 fully saturated rings. The first kappa shape index (κ1) is 26.0. The first-order chi connectivity index (χ1) is 18.8. The van der Waals surface area contributed by atoms with Crippen LogP contribution in [-0.2, 0) is 9.59 Å². The fourth-order valence-electron chi connectivity index (χ4n) is 4.65. The van der Waals surface area contributed by atoms with Crippen LogP contribution in [0.5, 0.6) is 17.2 Å². The summed E-state index contributed by atoms with van der Waals surface area (Å²) in [5.74, 6) is -1.51. The first-order valence-corrected chi connectivity index (χ1v) is 12.4. The number of ketones is 1. The highest BCUT2D eigenvalue weighted by molar-refractivity contribution is 6.51. The van der Waals surface area contributed by atoms with Crippen LogP contribution in [0, 0.1) is 12.7 Å². The monoisotopic (exact) mass is 543 g/mol. The minimum absolute atomic E-state index is 0.160. The zero-order valence-electron chi connectivity index (χ0n) is 21.0. The van der Waals surface area contributed by atoms with Crippen LogP contribution in [0.1, 0.15) is 22.7 Å². The lowest BCUT2D eigenvalue weighted by Crippen LogP contribution is -2.29.